The fraction of sp³-hybridized carbons (Fsp3) is 0. The molecule has 3 heterocycles. The summed E-state index contributed by atoms with van der Waals surface area (Å²) in [4.78, 5) is 8.71. The van der Waals surface area contributed by atoms with Crippen LogP contribution in [-0.4, -0.2) is 30.4 Å². The van der Waals surface area contributed by atoms with Crippen LogP contribution in [0.4, 0.5) is 0 Å². The fourth-order valence-electron chi connectivity index (χ4n) is 2.01. The SMILES string of the molecule is Clc1nc(-c2ccc3cn[nH]c3c2)nc2c[nH]nc12. The number of hydrogen-bond donors (Lipinski definition) is 2. The third-order valence-electron chi connectivity index (χ3n) is 2.95. The molecule has 0 fully saturated rings. The van der Waals surface area contributed by atoms with E-state index in [1.165, 1.54) is 0 Å². The van der Waals surface area contributed by atoms with Crippen LogP contribution < -0.4 is 0 Å². The van der Waals surface area contributed by atoms with Gasteiger partial charge < -0.3 is 0 Å². The zero-order chi connectivity index (χ0) is 12.8. The van der Waals surface area contributed by atoms with Crippen LogP contribution in [0.1, 0.15) is 0 Å². The summed E-state index contributed by atoms with van der Waals surface area (Å²) < 4.78 is 0. The largest absolute Gasteiger partial charge is 0.283 e. The van der Waals surface area contributed by atoms with Crippen molar-refractivity contribution >= 4 is 33.5 Å². The molecule has 0 aliphatic rings. The lowest BCUT2D eigenvalue weighted by atomic mass is 10.1. The lowest BCUT2D eigenvalue weighted by molar-refractivity contribution is 1.11. The molecule has 92 valence electrons. The average molecular weight is 271 g/mol. The zero-order valence-corrected chi connectivity index (χ0v) is 10.3. The number of aromatic amines is 2. The predicted octanol–water partition coefficient (Wildman–Crippen LogP) is 2.55. The number of H-pyrrole nitrogens is 2. The smallest absolute Gasteiger partial charge is 0.161 e. The lowest BCUT2D eigenvalue weighted by Crippen LogP contribution is -1.90. The Morgan fingerprint density at radius 2 is 2.11 bits per heavy atom. The van der Waals surface area contributed by atoms with Gasteiger partial charge in [0.15, 0.2) is 11.0 Å². The Morgan fingerprint density at radius 1 is 1.16 bits per heavy atom. The molecule has 0 spiro atoms. The Kier molecular flexibility index (Phi) is 2.07. The van der Waals surface area contributed by atoms with E-state index < -0.39 is 0 Å². The van der Waals surface area contributed by atoms with Gasteiger partial charge in [-0.05, 0) is 6.07 Å². The Labute approximate surface area is 111 Å². The van der Waals surface area contributed by atoms with Gasteiger partial charge in [-0.3, -0.25) is 10.2 Å². The summed E-state index contributed by atoms with van der Waals surface area (Å²) in [7, 11) is 0. The summed E-state index contributed by atoms with van der Waals surface area (Å²) in [5, 5.41) is 15.0. The van der Waals surface area contributed by atoms with Crippen molar-refractivity contribution in [2.45, 2.75) is 0 Å². The maximum Gasteiger partial charge on any atom is 0.161 e. The van der Waals surface area contributed by atoms with Crippen LogP contribution in [-0.2, 0) is 0 Å². The number of aromatic nitrogens is 6. The van der Waals surface area contributed by atoms with Gasteiger partial charge in [0.25, 0.3) is 0 Å². The van der Waals surface area contributed by atoms with E-state index in [0.29, 0.717) is 22.0 Å². The topological polar surface area (TPSA) is 83.1 Å². The second-order valence-corrected chi connectivity index (χ2v) is 4.49. The van der Waals surface area contributed by atoms with Crippen molar-refractivity contribution in [3.63, 3.8) is 0 Å². The monoisotopic (exact) mass is 270 g/mol. The van der Waals surface area contributed by atoms with E-state index in [2.05, 4.69) is 30.4 Å². The normalized spacial score (nSPS) is 11.4. The number of fused-ring (bicyclic) bond motifs is 2. The van der Waals surface area contributed by atoms with Gasteiger partial charge in [0.1, 0.15) is 11.0 Å². The quantitative estimate of drug-likeness (QED) is 0.521. The summed E-state index contributed by atoms with van der Waals surface area (Å²) in [5.41, 5.74) is 3.08. The molecule has 0 atom stereocenters. The van der Waals surface area contributed by atoms with Crippen molar-refractivity contribution in [1.82, 2.24) is 30.4 Å². The molecule has 0 saturated carbocycles. The van der Waals surface area contributed by atoms with Crippen molar-refractivity contribution < 1.29 is 0 Å². The van der Waals surface area contributed by atoms with Crippen molar-refractivity contribution in [2.75, 3.05) is 0 Å². The van der Waals surface area contributed by atoms with Crippen LogP contribution in [0.2, 0.25) is 5.15 Å². The highest BCUT2D eigenvalue weighted by Crippen LogP contribution is 2.25. The molecule has 0 amide bonds. The molecule has 0 saturated heterocycles. The fourth-order valence-corrected chi connectivity index (χ4v) is 2.23. The van der Waals surface area contributed by atoms with Gasteiger partial charge in [-0.2, -0.15) is 10.2 Å². The molecule has 19 heavy (non-hydrogen) atoms. The van der Waals surface area contributed by atoms with Crippen LogP contribution in [0, 0.1) is 0 Å². The van der Waals surface area contributed by atoms with Gasteiger partial charge in [-0.1, -0.05) is 23.7 Å². The maximum atomic E-state index is 6.10. The summed E-state index contributed by atoms with van der Waals surface area (Å²) in [6.45, 7) is 0. The van der Waals surface area contributed by atoms with Gasteiger partial charge in [0.2, 0.25) is 0 Å². The average Bonchev–Trinajstić information content (AvgIpc) is 3.06. The standard InChI is InChI=1S/C12H7ClN6/c13-11-10-9(5-15-19-10)16-12(17-11)6-1-2-7-4-14-18-8(7)3-6/h1-5H,(H,14,18)(H,15,19). The number of nitrogens with one attached hydrogen (secondary N) is 2. The molecule has 0 aliphatic carbocycles. The predicted molar refractivity (Wildman–Crippen MR) is 71.8 cm³/mol. The second kappa shape index (κ2) is 3.76. The van der Waals surface area contributed by atoms with Crippen molar-refractivity contribution in [3.8, 4) is 11.4 Å². The number of hydrogen-bond acceptors (Lipinski definition) is 4. The zero-order valence-electron chi connectivity index (χ0n) is 9.55. The van der Waals surface area contributed by atoms with E-state index >= 15 is 0 Å². The van der Waals surface area contributed by atoms with Crippen LogP contribution in [0.15, 0.2) is 30.6 Å². The third kappa shape index (κ3) is 1.57. The van der Waals surface area contributed by atoms with Crippen LogP contribution in [0.3, 0.4) is 0 Å². The Bertz CT molecular complexity index is 893. The first-order valence-corrected chi connectivity index (χ1v) is 5.99. The van der Waals surface area contributed by atoms with Crippen molar-refractivity contribution in [1.29, 1.82) is 0 Å². The third-order valence-corrected chi connectivity index (χ3v) is 3.21. The number of halogens is 1. The molecule has 4 aromatic rings. The van der Waals surface area contributed by atoms with Crippen LogP contribution in [0.25, 0.3) is 33.3 Å². The molecule has 7 heteroatoms. The highest BCUT2D eigenvalue weighted by Gasteiger charge is 2.10. The number of rotatable bonds is 1. The van der Waals surface area contributed by atoms with E-state index in [-0.39, 0.29) is 0 Å². The molecule has 0 unspecified atom stereocenters. The highest BCUT2D eigenvalue weighted by molar-refractivity contribution is 6.33. The molecule has 4 rings (SSSR count). The minimum absolute atomic E-state index is 0.339. The van der Waals surface area contributed by atoms with Crippen molar-refractivity contribution in [2.24, 2.45) is 0 Å². The Morgan fingerprint density at radius 3 is 3.05 bits per heavy atom. The first kappa shape index (κ1) is 10.5. The first-order valence-electron chi connectivity index (χ1n) is 5.62. The minimum Gasteiger partial charge on any atom is -0.283 e. The lowest BCUT2D eigenvalue weighted by Gasteiger charge is -2.01. The molecule has 0 aliphatic heterocycles. The molecule has 1 aromatic carbocycles. The van der Waals surface area contributed by atoms with E-state index in [0.717, 1.165) is 16.5 Å². The summed E-state index contributed by atoms with van der Waals surface area (Å²) >= 11 is 6.10. The van der Waals surface area contributed by atoms with Gasteiger partial charge >= 0.3 is 0 Å². The molecule has 3 aromatic heterocycles. The molecular weight excluding hydrogens is 264 g/mol. The van der Waals surface area contributed by atoms with E-state index in [1.807, 2.05) is 18.2 Å². The van der Waals surface area contributed by atoms with E-state index in [4.69, 9.17) is 11.6 Å². The molecule has 0 radical (unpaired) electrons. The molecular formula is C12H7ClN6. The van der Waals surface area contributed by atoms with Gasteiger partial charge in [0, 0.05) is 17.1 Å². The first-order chi connectivity index (χ1) is 9.31. The summed E-state index contributed by atoms with van der Waals surface area (Å²) in [6, 6.07) is 5.85. The van der Waals surface area contributed by atoms with Gasteiger partial charge in [-0.25, -0.2) is 9.97 Å². The number of nitrogens with zero attached hydrogens (tertiary/aromatic N) is 4. The Hall–Kier alpha value is -2.47. The maximum absolute atomic E-state index is 6.10. The Balaban J connectivity index is 1.97. The summed E-state index contributed by atoms with van der Waals surface area (Å²) in [6.07, 6.45) is 3.47. The van der Waals surface area contributed by atoms with Gasteiger partial charge in [-0.15, -0.1) is 0 Å². The van der Waals surface area contributed by atoms with Crippen LogP contribution in [0.5, 0.6) is 0 Å². The minimum atomic E-state index is 0.339. The van der Waals surface area contributed by atoms with Crippen LogP contribution >= 0.6 is 11.6 Å². The molecule has 2 N–H and O–H groups in total. The van der Waals surface area contributed by atoms with Crippen molar-refractivity contribution in [3.05, 3.63) is 35.7 Å². The second-order valence-electron chi connectivity index (χ2n) is 4.13. The van der Waals surface area contributed by atoms with E-state index in [9.17, 15) is 0 Å². The number of benzene rings is 1. The summed E-state index contributed by atoms with van der Waals surface area (Å²) in [5.74, 6) is 0.565. The van der Waals surface area contributed by atoms with E-state index in [1.54, 1.807) is 12.4 Å². The molecule has 0 bridgehead atoms. The highest BCUT2D eigenvalue weighted by atomic mass is 35.5. The molecule has 6 nitrogen and oxygen atoms in total. The van der Waals surface area contributed by atoms with Gasteiger partial charge in [0.05, 0.1) is 11.7 Å².